The molecule has 3 aromatic rings. The van der Waals surface area contributed by atoms with Crippen LogP contribution in [0.4, 0.5) is 4.79 Å². The van der Waals surface area contributed by atoms with Gasteiger partial charge in [-0.25, -0.2) is 14.7 Å². The highest BCUT2D eigenvalue weighted by Crippen LogP contribution is 2.40. The van der Waals surface area contributed by atoms with Gasteiger partial charge < -0.3 is 24.2 Å². The van der Waals surface area contributed by atoms with Gasteiger partial charge in [-0.3, -0.25) is 14.4 Å². The normalized spacial score (nSPS) is 20.9. The van der Waals surface area contributed by atoms with Gasteiger partial charge in [0.05, 0.1) is 49.9 Å². The molecule has 2 fully saturated rings. The number of imide groups is 1. The number of aromatic nitrogens is 1. The minimum Gasteiger partial charge on any atom is -0.497 e. The van der Waals surface area contributed by atoms with Crippen molar-refractivity contribution >= 4 is 34.8 Å². The average molecular weight is 658 g/mol. The second-order valence-electron chi connectivity index (χ2n) is 13.4. The van der Waals surface area contributed by atoms with Gasteiger partial charge in [0.2, 0.25) is 5.91 Å². The molecule has 0 radical (unpaired) electrons. The summed E-state index contributed by atoms with van der Waals surface area (Å²) in [5.74, 6) is -2.07. The number of amides is 3. The number of carboxylic acid groups (broad SMARTS) is 1. The second kappa shape index (κ2) is 14.0. The van der Waals surface area contributed by atoms with Gasteiger partial charge in [0.25, 0.3) is 5.91 Å². The van der Waals surface area contributed by atoms with Crippen molar-refractivity contribution in [2.75, 3.05) is 20.3 Å². The molecule has 11 heteroatoms. The molecular weight excluding hydrogens is 614 g/mol. The molecule has 2 aromatic carbocycles. The van der Waals surface area contributed by atoms with Crippen LogP contribution in [0.2, 0.25) is 0 Å². The number of methoxy groups -OCH3 is 1. The minimum absolute atomic E-state index is 0.00823. The summed E-state index contributed by atoms with van der Waals surface area (Å²) in [6, 6.07) is 15.4. The molecule has 5 atom stereocenters. The molecule has 3 amide bonds. The number of aliphatic carboxylic acids is 1. The molecule has 2 unspecified atom stereocenters. The molecule has 5 rings (SSSR count). The lowest BCUT2D eigenvalue weighted by Crippen LogP contribution is -2.53. The molecule has 1 N–H and O–H groups in total. The first-order valence-corrected chi connectivity index (χ1v) is 16.2. The van der Waals surface area contributed by atoms with E-state index in [9.17, 15) is 24.3 Å². The maximum absolute atomic E-state index is 14.3. The molecule has 1 aliphatic carbocycles. The summed E-state index contributed by atoms with van der Waals surface area (Å²) in [6.45, 7) is 10.9. The van der Waals surface area contributed by atoms with Crippen LogP contribution in [0, 0.1) is 17.3 Å². The zero-order chi connectivity index (χ0) is 34.7. The number of likely N-dealkylation sites (tertiary alicyclic amines) is 1. The highest BCUT2D eigenvalue weighted by atomic mass is 16.6. The van der Waals surface area contributed by atoms with E-state index in [1.54, 1.807) is 46.9 Å². The van der Waals surface area contributed by atoms with Crippen LogP contribution in [0.1, 0.15) is 47.0 Å². The Hall–Kier alpha value is -4.93. The molecule has 0 bridgehead atoms. The summed E-state index contributed by atoms with van der Waals surface area (Å²) in [5.41, 5.74) is 1.45. The molecule has 1 aromatic heterocycles. The molecule has 11 nitrogen and oxygen atoms in total. The Morgan fingerprint density at radius 2 is 1.83 bits per heavy atom. The Labute approximate surface area is 280 Å². The Morgan fingerprint density at radius 3 is 2.44 bits per heavy atom. The van der Waals surface area contributed by atoms with Crippen molar-refractivity contribution in [2.24, 2.45) is 17.3 Å². The van der Waals surface area contributed by atoms with E-state index in [1.165, 1.54) is 4.90 Å². The smallest absolute Gasteiger partial charge is 0.416 e. The second-order valence-corrected chi connectivity index (χ2v) is 13.4. The van der Waals surface area contributed by atoms with Gasteiger partial charge in [0.15, 0.2) is 0 Å². The van der Waals surface area contributed by atoms with E-state index >= 15 is 0 Å². The van der Waals surface area contributed by atoms with Gasteiger partial charge in [0.1, 0.15) is 23.6 Å². The fourth-order valence-corrected chi connectivity index (χ4v) is 6.33. The highest BCUT2D eigenvalue weighted by Gasteiger charge is 2.52. The number of ether oxygens (including phenoxy) is 3. The third-order valence-corrected chi connectivity index (χ3v) is 9.04. The summed E-state index contributed by atoms with van der Waals surface area (Å²) in [6.07, 6.45) is 0.468. The number of carbonyl (C=O) groups excluding carboxylic acids is 3. The third-order valence-electron chi connectivity index (χ3n) is 9.04. The molecule has 0 spiro atoms. The van der Waals surface area contributed by atoms with E-state index in [1.807, 2.05) is 48.5 Å². The number of fused-ring (bicyclic) bond motifs is 1. The van der Waals surface area contributed by atoms with Gasteiger partial charge >= 0.3 is 12.1 Å². The first kappa shape index (κ1) is 34.4. The minimum atomic E-state index is -1.12. The number of carboxylic acids is 1. The molecule has 1 saturated heterocycles. The number of carbonyl (C=O) groups is 4. The standard InChI is InChI=1S/C37H43N3O8/c1-7-22-16-30(22)40(36(45)47-8-2)35(44)31-18-25(21-39(31)34(43)27(19-33(41)42)37(3,4)5)48-32-20-28(23-12-10-9-11-13-23)38-29-17-24(46-6)14-15-26(29)32/h7,9-15,17,20,22,25,27,30-31H,1,8,16,18-19,21H2,2-6H3,(H,41,42)/t22?,25-,27-,30?,31+/m1/s1. The lowest BCUT2D eigenvalue weighted by atomic mass is 9.77. The van der Waals surface area contributed by atoms with Gasteiger partial charge in [-0.2, -0.15) is 0 Å². The summed E-state index contributed by atoms with van der Waals surface area (Å²) < 4.78 is 17.4. The van der Waals surface area contributed by atoms with E-state index in [4.69, 9.17) is 19.2 Å². The van der Waals surface area contributed by atoms with Crippen molar-refractivity contribution in [1.29, 1.82) is 0 Å². The van der Waals surface area contributed by atoms with Gasteiger partial charge in [0, 0.05) is 29.5 Å². The molecule has 2 heterocycles. The molecule has 1 aliphatic heterocycles. The Morgan fingerprint density at radius 1 is 1.10 bits per heavy atom. The van der Waals surface area contributed by atoms with Crippen molar-refractivity contribution in [3.63, 3.8) is 0 Å². The van der Waals surface area contributed by atoms with E-state index < -0.39 is 59.8 Å². The van der Waals surface area contributed by atoms with Crippen LogP contribution in [0.15, 0.2) is 67.3 Å². The van der Waals surface area contributed by atoms with Gasteiger partial charge in [-0.15, -0.1) is 6.58 Å². The fraction of sp³-hybridized carbons (Fsp3) is 0.432. The van der Waals surface area contributed by atoms with Crippen LogP contribution in [-0.4, -0.2) is 82.2 Å². The quantitative estimate of drug-likeness (QED) is 0.248. The Balaban J connectivity index is 1.54. The van der Waals surface area contributed by atoms with Crippen molar-refractivity contribution < 1.29 is 38.5 Å². The lowest BCUT2D eigenvalue weighted by molar-refractivity contribution is -0.151. The van der Waals surface area contributed by atoms with E-state index in [2.05, 4.69) is 6.58 Å². The molecule has 1 saturated carbocycles. The Kier molecular flexibility index (Phi) is 10.1. The number of pyridine rings is 1. The van der Waals surface area contributed by atoms with Crippen LogP contribution in [-0.2, 0) is 19.1 Å². The van der Waals surface area contributed by atoms with Crippen LogP contribution in [0.5, 0.6) is 11.5 Å². The maximum atomic E-state index is 14.3. The average Bonchev–Trinajstić information content (AvgIpc) is 3.70. The van der Waals surface area contributed by atoms with Gasteiger partial charge in [-0.1, -0.05) is 57.2 Å². The predicted molar refractivity (Wildman–Crippen MR) is 179 cm³/mol. The lowest BCUT2D eigenvalue weighted by Gasteiger charge is -2.35. The predicted octanol–water partition coefficient (Wildman–Crippen LogP) is 5.96. The van der Waals surface area contributed by atoms with Crippen molar-refractivity contribution in [3.05, 3.63) is 67.3 Å². The number of nitrogens with zero attached hydrogens (tertiary/aromatic N) is 3. The number of benzene rings is 2. The van der Waals surface area contributed by atoms with E-state index in [-0.39, 0.29) is 25.5 Å². The maximum Gasteiger partial charge on any atom is 0.416 e. The Bertz CT molecular complexity index is 1700. The van der Waals surface area contributed by atoms with Crippen LogP contribution < -0.4 is 9.47 Å². The van der Waals surface area contributed by atoms with Gasteiger partial charge in [-0.05, 0) is 36.8 Å². The third kappa shape index (κ3) is 7.30. The first-order valence-electron chi connectivity index (χ1n) is 16.2. The topological polar surface area (TPSA) is 136 Å². The summed E-state index contributed by atoms with van der Waals surface area (Å²) in [7, 11) is 1.58. The number of hydrogen-bond acceptors (Lipinski definition) is 8. The highest BCUT2D eigenvalue weighted by molar-refractivity contribution is 5.99. The number of hydrogen-bond donors (Lipinski definition) is 1. The zero-order valence-electron chi connectivity index (χ0n) is 28.0. The van der Waals surface area contributed by atoms with Crippen molar-refractivity contribution in [1.82, 2.24) is 14.8 Å². The van der Waals surface area contributed by atoms with E-state index in [0.717, 1.165) is 10.5 Å². The number of rotatable bonds is 11. The molecule has 254 valence electrons. The SMILES string of the molecule is C=CC1CC1N(C(=O)OCC)C(=O)[C@@H]1C[C@@H](Oc2cc(-c3ccccc3)nc3cc(OC)ccc23)CN1C(=O)[C@@H](CC(=O)O)C(C)(C)C. The largest absolute Gasteiger partial charge is 0.497 e. The monoisotopic (exact) mass is 657 g/mol. The zero-order valence-corrected chi connectivity index (χ0v) is 28.0. The molecular formula is C37H43N3O8. The molecule has 48 heavy (non-hydrogen) atoms. The summed E-state index contributed by atoms with van der Waals surface area (Å²) in [4.78, 5) is 61.0. The fourth-order valence-electron chi connectivity index (χ4n) is 6.33. The summed E-state index contributed by atoms with van der Waals surface area (Å²) >= 11 is 0. The van der Waals surface area contributed by atoms with Crippen molar-refractivity contribution in [3.8, 4) is 22.8 Å². The summed E-state index contributed by atoms with van der Waals surface area (Å²) in [5, 5.41) is 10.4. The van der Waals surface area contributed by atoms with Crippen molar-refractivity contribution in [2.45, 2.75) is 65.1 Å². The molecule has 2 aliphatic rings. The van der Waals surface area contributed by atoms with Crippen LogP contribution in [0.25, 0.3) is 22.2 Å². The first-order chi connectivity index (χ1) is 22.9. The van der Waals surface area contributed by atoms with Crippen LogP contribution >= 0.6 is 0 Å². The van der Waals surface area contributed by atoms with Crippen LogP contribution in [0.3, 0.4) is 0 Å². The van der Waals surface area contributed by atoms with E-state index in [0.29, 0.717) is 34.5 Å².